The van der Waals surface area contributed by atoms with Gasteiger partial charge in [0.05, 0.1) is 31.8 Å². The van der Waals surface area contributed by atoms with Gasteiger partial charge >= 0.3 is 0 Å². The molecule has 4 heterocycles. The van der Waals surface area contributed by atoms with Crippen LogP contribution in [0.15, 0.2) is 61.2 Å². The maximum atomic E-state index is 14.2. The number of nitrogens with zero attached hydrogens (tertiary/aromatic N) is 4. The van der Waals surface area contributed by atoms with Gasteiger partial charge in [-0.15, -0.1) is 0 Å². The normalized spacial score (nSPS) is 20.7. The van der Waals surface area contributed by atoms with Gasteiger partial charge in [0, 0.05) is 48.8 Å². The summed E-state index contributed by atoms with van der Waals surface area (Å²) >= 11 is 0. The molecule has 0 spiro atoms. The van der Waals surface area contributed by atoms with Gasteiger partial charge in [-0.05, 0) is 56.5 Å². The van der Waals surface area contributed by atoms with E-state index in [0.717, 1.165) is 40.7 Å². The molecule has 1 N–H and O–H groups in total. The van der Waals surface area contributed by atoms with E-state index in [0.29, 0.717) is 24.6 Å². The summed E-state index contributed by atoms with van der Waals surface area (Å²) in [7, 11) is 1.63. The Balaban J connectivity index is 1.41. The van der Waals surface area contributed by atoms with E-state index in [1.807, 2.05) is 67.9 Å². The van der Waals surface area contributed by atoms with Crippen molar-refractivity contribution in [3.63, 3.8) is 0 Å². The molecule has 2 aliphatic heterocycles. The molecule has 1 saturated heterocycles. The number of aromatic amines is 1. The number of carbonyl (C=O) groups excluding carboxylic acids is 2. The fraction of sp³-hybridized carbons (Fsp3) is 0.387. The molecular formula is C31H35N5O4. The highest BCUT2D eigenvalue weighted by Gasteiger charge is 2.56. The van der Waals surface area contributed by atoms with Crippen molar-refractivity contribution in [2.24, 2.45) is 0 Å². The molecule has 4 aromatic rings. The van der Waals surface area contributed by atoms with Crippen molar-refractivity contribution in [2.75, 3.05) is 26.7 Å². The van der Waals surface area contributed by atoms with Crippen molar-refractivity contribution in [2.45, 2.75) is 51.3 Å². The number of amides is 2. The zero-order valence-electron chi connectivity index (χ0n) is 23.4. The molecule has 0 unspecified atom stereocenters. The molecule has 6 rings (SSSR count). The van der Waals surface area contributed by atoms with Crippen LogP contribution in [0.2, 0.25) is 0 Å². The smallest absolute Gasteiger partial charge is 0.254 e. The van der Waals surface area contributed by atoms with E-state index in [2.05, 4.69) is 16.0 Å². The summed E-state index contributed by atoms with van der Waals surface area (Å²) in [5.74, 6) is 1.07. The minimum atomic E-state index is -1.13. The number of piperazine rings is 1. The van der Waals surface area contributed by atoms with Gasteiger partial charge in [-0.2, -0.15) is 0 Å². The van der Waals surface area contributed by atoms with Crippen molar-refractivity contribution < 1.29 is 19.1 Å². The van der Waals surface area contributed by atoms with Gasteiger partial charge in [0.15, 0.2) is 17.0 Å². The van der Waals surface area contributed by atoms with E-state index in [1.54, 1.807) is 29.4 Å². The van der Waals surface area contributed by atoms with Crippen molar-refractivity contribution in [3.8, 4) is 11.5 Å². The van der Waals surface area contributed by atoms with Crippen LogP contribution in [0.1, 0.15) is 49.9 Å². The Morgan fingerprint density at radius 2 is 1.95 bits per heavy atom. The van der Waals surface area contributed by atoms with Crippen molar-refractivity contribution in [3.05, 3.63) is 78.0 Å². The molecule has 40 heavy (non-hydrogen) atoms. The summed E-state index contributed by atoms with van der Waals surface area (Å²) in [6.45, 7) is 7.55. The standard InChI is InChI=1S/C31H35N5O4/c1-20(2)40-25-11-10-21(16-26(25)39-4)23-17-36-27(37)18-35(14-7-13-34-15-12-32-19-34)30(38)31(36,3)29-28(23)22-8-5-6-9-24(22)33-29/h5-6,8-12,15-16,19-20,23,33H,7,13-14,17-18H2,1-4H3/t23-,31-/m1/s1. The summed E-state index contributed by atoms with van der Waals surface area (Å²) in [4.78, 5) is 39.1. The number of rotatable bonds is 8. The van der Waals surface area contributed by atoms with Gasteiger partial charge in [0.1, 0.15) is 0 Å². The number of benzene rings is 2. The van der Waals surface area contributed by atoms with E-state index < -0.39 is 5.54 Å². The van der Waals surface area contributed by atoms with Crippen LogP contribution < -0.4 is 9.47 Å². The lowest BCUT2D eigenvalue weighted by molar-refractivity contribution is -0.166. The first-order valence-electron chi connectivity index (χ1n) is 13.8. The van der Waals surface area contributed by atoms with Gasteiger partial charge in [0.25, 0.3) is 5.91 Å². The number of aromatic nitrogens is 3. The molecule has 2 aromatic heterocycles. The Morgan fingerprint density at radius 1 is 1.12 bits per heavy atom. The average molecular weight is 542 g/mol. The van der Waals surface area contributed by atoms with E-state index in [-0.39, 0.29) is 30.4 Å². The highest BCUT2D eigenvalue weighted by Crippen LogP contribution is 2.49. The van der Waals surface area contributed by atoms with Crippen LogP contribution in [0.25, 0.3) is 10.9 Å². The first kappa shape index (κ1) is 26.0. The number of H-pyrrole nitrogens is 1. The number of nitrogens with one attached hydrogen (secondary N) is 1. The zero-order chi connectivity index (χ0) is 28.0. The second-order valence-electron chi connectivity index (χ2n) is 11.0. The quantitative estimate of drug-likeness (QED) is 0.360. The number of hydrogen-bond donors (Lipinski definition) is 1. The lowest BCUT2D eigenvalue weighted by Gasteiger charge is -2.51. The number of imidazole rings is 1. The molecular weight excluding hydrogens is 506 g/mol. The molecule has 2 amide bonds. The first-order chi connectivity index (χ1) is 19.3. The molecule has 1 fully saturated rings. The Hall–Kier alpha value is -4.27. The summed E-state index contributed by atoms with van der Waals surface area (Å²) in [5.41, 5.74) is 2.66. The fourth-order valence-corrected chi connectivity index (χ4v) is 6.27. The number of methoxy groups -OCH3 is 1. The van der Waals surface area contributed by atoms with Crippen LogP contribution in [0.5, 0.6) is 11.5 Å². The van der Waals surface area contributed by atoms with Crippen LogP contribution >= 0.6 is 0 Å². The minimum absolute atomic E-state index is 0.00948. The molecule has 2 aliphatic rings. The van der Waals surface area contributed by atoms with E-state index in [4.69, 9.17) is 9.47 Å². The zero-order valence-corrected chi connectivity index (χ0v) is 23.4. The molecule has 9 heteroatoms. The third-order valence-corrected chi connectivity index (χ3v) is 8.17. The minimum Gasteiger partial charge on any atom is -0.493 e. The molecule has 2 atom stereocenters. The Labute approximate surface area is 233 Å². The Morgan fingerprint density at radius 3 is 2.70 bits per heavy atom. The Kier molecular flexibility index (Phi) is 6.52. The molecule has 0 aliphatic carbocycles. The second kappa shape index (κ2) is 10.0. The van der Waals surface area contributed by atoms with Crippen molar-refractivity contribution in [1.82, 2.24) is 24.3 Å². The number of carbonyl (C=O) groups is 2. The molecule has 0 radical (unpaired) electrons. The van der Waals surface area contributed by atoms with Gasteiger partial charge in [-0.1, -0.05) is 24.3 Å². The summed E-state index contributed by atoms with van der Waals surface area (Å²) in [6.07, 6.45) is 6.15. The SMILES string of the molecule is COc1cc([C@H]2CN3C(=O)CN(CCCn4ccnc4)C(=O)[C@@]3(C)c3[nH]c4ccccc4c32)ccc1OC(C)C. The summed E-state index contributed by atoms with van der Waals surface area (Å²) < 4.78 is 13.6. The summed E-state index contributed by atoms with van der Waals surface area (Å²) in [6, 6.07) is 14.1. The van der Waals surface area contributed by atoms with Gasteiger partial charge < -0.3 is 28.8 Å². The molecule has 0 saturated carbocycles. The molecule has 9 nitrogen and oxygen atoms in total. The lowest BCUT2D eigenvalue weighted by Crippen LogP contribution is -2.67. The topological polar surface area (TPSA) is 92.7 Å². The largest absolute Gasteiger partial charge is 0.493 e. The third-order valence-electron chi connectivity index (χ3n) is 8.17. The van der Waals surface area contributed by atoms with E-state index in [9.17, 15) is 9.59 Å². The van der Waals surface area contributed by atoms with Crippen LogP contribution in [-0.4, -0.2) is 69.0 Å². The third kappa shape index (κ3) is 4.20. The Bertz CT molecular complexity index is 1560. The maximum Gasteiger partial charge on any atom is 0.254 e. The molecule has 208 valence electrons. The van der Waals surface area contributed by atoms with Crippen molar-refractivity contribution in [1.29, 1.82) is 0 Å². The van der Waals surface area contributed by atoms with Gasteiger partial charge in [-0.3, -0.25) is 9.59 Å². The van der Waals surface area contributed by atoms with Crippen LogP contribution in [0.3, 0.4) is 0 Å². The van der Waals surface area contributed by atoms with Crippen molar-refractivity contribution >= 4 is 22.7 Å². The van der Waals surface area contributed by atoms with Gasteiger partial charge in [-0.25, -0.2) is 4.98 Å². The van der Waals surface area contributed by atoms with Crippen LogP contribution in [0.4, 0.5) is 0 Å². The van der Waals surface area contributed by atoms with Gasteiger partial charge in [0.2, 0.25) is 5.91 Å². The fourth-order valence-electron chi connectivity index (χ4n) is 6.27. The monoisotopic (exact) mass is 541 g/mol. The predicted molar refractivity (Wildman–Crippen MR) is 151 cm³/mol. The molecule has 0 bridgehead atoms. The number of ether oxygens (including phenoxy) is 2. The molecule has 2 aromatic carbocycles. The number of fused-ring (bicyclic) bond motifs is 5. The van der Waals surface area contributed by atoms with Crippen LogP contribution in [0, 0.1) is 0 Å². The van der Waals surface area contributed by atoms with E-state index >= 15 is 0 Å². The summed E-state index contributed by atoms with van der Waals surface area (Å²) in [5, 5.41) is 1.06. The second-order valence-corrected chi connectivity index (χ2v) is 11.0. The maximum absolute atomic E-state index is 14.2. The predicted octanol–water partition coefficient (Wildman–Crippen LogP) is 4.28. The first-order valence-corrected chi connectivity index (χ1v) is 13.8. The lowest BCUT2D eigenvalue weighted by atomic mass is 9.76. The number of aryl methyl sites for hydroxylation is 1. The number of para-hydroxylation sites is 1. The number of hydrogen-bond acceptors (Lipinski definition) is 5. The highest BCUT2D eigenvalue weighted by molar-refractivity contribution is 6.01. The van der Waals surface area contributed by atoms with E-state index in [1.165, 1.54) is 0 Å². The highest BCUT2D eigenvalue weighted by atomic mass is 16.5. The average Bonchev–Trinajstić information content (AvgIpc) is 3.60. The van der Waals surface area contributed by atoms with Crippen LogP contribution in [-0.2, 0) is 21.7 Å².